The smallest absolute Gasteiger partial charge is 0.329 e. The van der Waals surface area contributed by atoms with E-state index in [1.807, 2.05) is 0 Å². The first-order valence-electron chi connectivity index (χ1n) is 9.29. The number of esters is 1. The Morgan fingerprint density at radius 2 is 1.74 bits per heavy atom. The Labute approximate surface area is 183 Å². The van der Waals surface area contributed by atoms with Gasteiger partial charge in [-0.25, -0.2) is 4.79 Å². The largest absolute Gasteiger partial charge is 0.458 e. The number of anilines is 1. The fourth-order valence-corrected chi connectivity index (χ4v) is 2.76. The number of hydrogen-bond donors (Lipinski definition) is 2. The van der Waals surface area contributed by atoms with Gasteiger partial charge in [-0.2, -0.15) is 0 Å². The van der Waals surface area contributed by atoms with Crippen LogP contribution >= 0.6 is 11.6 Å². The lowest BCUT2D eigenvalue weighted by molar-refractivity contribution is -0.383. The van der Waals surface area contributed by atoms with Gasteiger partial charge in [0.05, 0.1) is 4.92 Å². The van der Waals surface area contributed by atoms with Crippen LogP contribution in [0.3, 0.4) is 0 Å². The second-order valence-electron chi connectivity index (χ2n) is 7.62. The van der Waals surface area contributed by atoms with E-state index in [0.717, 1.165) is 17.7 Å². The normalized spacial score (nSPS) is 11.9. The van der Waals surface area contributed by atoms with E-state index in [4.69, 9.17) is 16.3 Å². The summed E-state index contributed by atoms with van der Waals surface area (Å²) >= 11 is 5.83. The second kappa shape index (κ2) is 10.0. The van der Waals surface area contributed by atoms with Gasteiger partial charge in [-0.05, 0) is 38.5 Å². The number of carbonyl (C=O) groups is 3. The highest BCUT2D eigenvalue weighted by Gasteiger charge is 2.29. The van der Waals surface area contributed by atoms with E-state index in [-0.39, 0.29) is 17.1 Å². The van der Waals surface area contributed by atoms with E-state index in [0.29, 0.717) is 0 Å². The first-order valence-corrected chi connectivity index (χ1v) is 9.66. The number of benzene rings is 2. The summed E-state index contributed by atoms with van der Waals surface area (Å²) < 4.78 is 5.35. The fourth-order valence-electron chi connectivity index (χ4n) is 2.59. The molecule has 31 heavy (non-hydrogen) atoms. The molecule has 2 amide bonds. The maximum absolute atomic E-state index is 12.6. The number of ether oxygens (including phenoxy) is 1. The van der Waals surface area contributed by atoms with Crippen molar-refractivity contribution in [2.75, 3.05) is 5.32 Å². The van der Waals surface area contributed by atoms with Gasteiger partial charge in [-0.1, -0.05) is 41.9 Å². The summed E-state index contributed by atoms with van der Waals surface area (Å²) in [6, 6.07) is 11.3. The van der Waals surface area contributed by atoms with Crippen LogP contribution in [0, 0.1) is 10.1 Å². The van der Waals surface area contributed by atoms with Crippen LogP contribution in [0.2, 0.25) is 5.02 Å². The zero-order valence-corrected chi connectivity index (χ0v) is 17.9. The van der Waals surface area contributed by atoms with Gasteiger partial charge in [-0.15, -0.1) is 0 Å². The molecule has 0 aliphatic carbocycles. The Bertz CT molecular complexity index is 988. The molecule has 0 aliphatic rings. The zero-order chi connectivity index (χ0) is 23.2. The lowest BCUT2D eigenvalue weighted by Crippen LogP contribution is -2.49. The fraction of sp³-hybridized carbons (Fsp3) is 0.286. The monoisotopic (exact) mass is 447 g/mol. The predicted molar refractivity (Wildman–Crippen MR) is 115 cm³/mol. The summed E-state index contributed by atoms with van der Waals surface area (Å²) in [7, 11) is 0. The summed E-state index contributed by atoms with van der Waals surface area (Å²) in [6.07, 6.45) is 0.0894. The van der Waals surface area contributed by atoms with Crippen molar-refractivity contribution >= 4 is 40.8 Å². The van der Waals surface area contributed by atoms with E-state index in [9.17, 15) is 24.5 Å². The van der Waals surface area contributed by atoms with E-state index >= 15 is 0 Å². The molecule has 0 aromatic heterocycles. The number of rotatable bonds is 6. The van der Waals surface area contributed by atoms with E-state index in [1.165, 1.54) is 6.07 Å². The third-order valence-corrected chi connectivity index (χ3v) is 4.12. The van der Waals surface area contributed by atoms with Crippen LogP contribution in [-0.4, -0.2) is 34.3 Å². The van der Waals surface area contributed by atoms with Crippen molar-refractivity contribution in [3.63, 3.8) is 0 Å². The maximum atomic E-state index is 12.6. The summed E-state index contributed by atoms with van der Waals surface area (Å²) in [6.45, 7) is 5.03. The minimum atomic E-state index is -1.19. The first-order chi connectivity index (χ1) is 14.5. The van der Waals surface area contributed by atoms with Crippen LogP contribution in [0.25, 0.3) is 0 Å². The van der Waals surface area contributed by atoms with Gasteiger partial charge < -0.3 is 15.4 Å². The van der Waals surface area contributed by atoms with Crippen molar-refractivity contribution in [1.29, 1.82) is 0 Å². The number of carbonyl (C=O) groups excluding carboxylic acids is 3. The van der Waals surface area contributed by atoms with E-state index in [1.54, 1.807) is 51.1 Å². The molecule has 1 atom stereocenters. The van der Waals surface area contributed by atoms with Crippen LogP contribution in [0.5, 0.6) is 0 Å². The minimum absolute atomic E-state index is 0.0894. The Morgan fingerprint density at radius 1 is 1.10 bits per heavy atom. The molecule has 0 saturated heterocycles. The molecule has 164 valence electrons. The lowest BCUT2D eigenvalue weighted by atomic mass is 10.1. The van der Waals surface area contributed by atoms with Crippen LogP contribution in [0.15, 0.2) is 48.5 Å². The van der Waals surface area contributed by atoms with Crippen molar-refractivity contribution in [3.05, 3.63) is 69.2 Å². The van der Waals surface area contributed by atoms with Crippen molar-refractivity contribution in [1.82, 2.24) is 5.32 Å². The average Bonchev–Trinajstić information content (AvgIpc) is 2.66. The topological polar surface area (TPSA) is 128 Å². The molecule has 0 fully saturated rings. The average molecular weight is 448 g/mol. The molecule has 2 aromatic rings. The third kappa shape index (κ3) is 7.38. The third-order valence-electron chi connectivity index (χ3n) is 3.89. The number of amides is 2. The molecular formula is C21H22ClN3O6. The summed E-state index contributed by atoms with van der Waals surface area (Å²) in [4.78, 5) is 47.8. The van der Waals surface area contributed by atoms with E-state index in [2.05, 4.69) is 10.6 Å². The predicted octanol–water partition coefficient (Wildman–Crippen LogP) is 3.26. The number of nitrogens with zero attached hydrogens (tertiary/aromatic N) is 1. The molecule has 0 radical (unpaired) electrons. The molecule has 2 rings (SSSR count). The Balaban J connectivity index is 2.18. The molecule has 0 bridgehead atoms. The van der Waals surface area contributed by atoms with Gasteiger partial charge in [-0.3, -0.25) is 19.7 Å². The van der Waals surface area contributed by atoms with Gasteiger partial charge in [0.1, 0.15) is 17.3 Å². The van der Waals surface area contributed by atoms with Gasteiger partial charge in [0, 0.05) is 17.5 Å². The van der Waals surface area contributed by atoms with Crippen molar-refractivity contribution < 1.29 is 24.0 Å². The highest BCUT2D eigenvalue weighted by molar-refractivity contribution is 6.40. The van der Waals surface area contributed by atoms with Gasteiger partial charge in [0.15, 0.2) is 0 Å². The van der Waals surface area contributed by atoms with Gasteiger partial charge >= 0.3 is 17.8 Å². The number of nitro benzene ring substituents is 1. The van der Waals surface area contributed by atoms with Gasteiger partial charge in [0.25, 0.3) is 5.69 Å². The minimum Gasteiger partial charge on any atom is -0.458 e. The Kier molecular flexibility index (Phi) is 7.71. The molecule has 9 nitrogen and oxygen atoms in total. The summed E-state index contributed by atoms with van der Waals surface area (Å²) in [5, 5.41) is 15.8. The number of nitrogens with one attached hydrogen (secondary N) is 2. The SMILES string of the molecule is CC(C)(C)OC(=O)[C@H](Cc1ccccc1)NC(=O)C(=O)Nc1cc(Cl)ccc1[N+](=O)[O-]. The van der Waals surface area contributed by atoms with Crippen LogP contribution < -0.4 is 10.6 Å². The quantitative estimate of drug-likeness (QED) is 0.303. The molecule has 10 heteroatoms. The van der Waals surface area contributed by atoms with Crippen LogP contribution in [-0.2, 0) is 25.5 Å². The number of hydrogen-bond acceptors (Lipinski definition) is 6. The standard InChI is InChI=1S/C21H22ClN3O6/c1-21(2,3)31-20(28)16(11-13-7-5-4-6-8-13)24-19(27)18(26)23-15-12-14(22)9-10-17(15)25(29)30/h4-10,12,16H,11H2,1-3H3,(H,23,26)(H,24,27)/t16-/m0/s1. The van der Waals surface area contributed by atoms with Crippen molar-refractivity contribution in [3.8, 4) is 0 Å². The molecule has 2 aromatic carbocycles. The lowest BCUT2D eigenvalue weighted by Gasteiger charge is -2.24. The summed E-state index contributed by atoms with van der Waals surface area (Å²) in [5.74, 6) is -3.06. The molecule has 2 N–H and O–H groups in total. The molecule has 0 unspecified atom stereocenters. The number of halogens is 1. The first kappa shape index (κ1) is 23.8. The zero-order valence-electron chi connectivity index (χ0n) is 17.2. The van der Waals surface area contributed by atoms with Crippen LogP contribution in [0.4, 0.5) is 11.4 Å². The molecule has 0 heterocycles. The highest BCUT2D eigenvalue weighted by atomic mass is 35.5. The van der Waals surface area contributed by atoms with E-state index < -0.39 is 40.0 Å². The number of nitro groups is 1. The van der Waals surface area contributed by atoms with Gasteiger partial charge in [0.2, 0.25) is 0 Å². The molecular weight excluding hydrogens is 426 g/mol. The Morgan fingerprint density at radius 3 is 2.32 bits per heavy atom. The summed E-state index contributed by atoms with van der Waals surface area (Å²) in [5.41, 5.74) is -0.738. The molecule has 0 spiro atoms. The van der Waals surface area contributed by atoms with Crippen LogP contribution in [0.1, 0.15) is 26.3 Å². The van der Waals surface area contributed by atoms with Crippen molar-refractivity contribution in [2.45, 2.75) is 38.8 Å². The highest BCUT2D eigenvalue weighted by Crippen LogP contribution is 2.27. The maximum Gasteiger partial charge on any atom is 0.329 e. The second-order valence-corrected chi connectivity index (χ2v) is 8.06. The Hall–Kier alpha value is -3.46. The molecule has 0 aliphatic heterocycles. The van der Waals surface area contributed by atoms with Crippen molar-refractivity contribution in [2.24, 2.45) is 0 Å². The molecule has 0 saturated carbocycles.